The van der Waals surface area contributed by atoms with Gasteiger partial charge in [0.1, 0.15) is 17.3 Å². The number of ether oxygens (including phenoxy) is 1. The molecule has 1 fully saturated rings. The van der Waals surface area contributed by atoms with Crippen LogP contribution in [-0.4, -0.2) is 47.0 Å². The molecule has 2 aromatic carbocycles. The van der Waals surface area contributed by atoms with Crippen molar-refractivity contribution in [3.63, 3.8) is 0 Å². The van der Waals surface area contributed by atoms with Gasteiger partial charge in [0.05, 0.1) is 23.9 Å². The molecule has 7 nitrogen and oxygen atoms in total. The number of nitrogens with one attached hydrogen (secondary N) is 2. The number of aliphatic hydroxyl groups is 1. The first kappa shape index (κ1) is 28.0. The Kier molecular flexibility index (Phi) is 7.72. The minimum atomic E-state index is -1.04. The number of nitrogens with zero attached hydrogens (tertiary/aromatic N) is 1. The molecule has 3 heterocycles. The summed E-state index contributed by atoms with van der Waals surface area (Å²) in [5, 5.41) is 15.7. The highest BCUT2D eigenvalue weighted by Crippen LogP contribution is 2.39. The van der Waals surface area contributed by atoms with E-state index in [-0.39, 0.29) is 17.3 Å². The maximum absolute atomic E-state index is 15.0. The van der Waals surface area contributed by atoms with Crippen molar-refractivity contribution in [3.8, 4) is 11.1 Å². The second kappa shape index (κ2) is 11.6. The lowest BCUT2D eigenvalue weighted by Gasteiger charge is -2.14. The van der Waals surface area contributed by atoms with Gasteiger partial charge in [0, 0.05) is 42.6 Å². The Labute approximate surface area is 241 Å². The topological polar surface area (TPSA) is 92.1 Å². The Morgan fingerprint density at radius 2 is 1.90 bits per heavy atom. The number of ketones is 1. The highest BCUT2D eigenvalue weighted by molar-refractivity contribution is 6.09. The number of rotatable bonds is 8. The fraction of sp³-hybridized carbons (Fsp3) is 0.273. The molecule has 2 aliphatic rings. The lowest BCUT2D eigenvalue weighted by atomic mass is 9.93. The zero-order chi connectivity index (χ0) is 29.4. The minimum Gasteiger partial charge on any atom is -0.388 e. The fourth-order valence-corrected chi connectivity index (χ4v) is 5.93. The summed E-state index contributed by atoms with van der Waals surface area (Å²) in [7, 11) is 0. The zero-order valence-electron chi connectivity index (χ0n) is 23.1. The van der Waals surface area contributed by atoms with Crippen LogP contribution in [-0.2, 0) is 16.0 Å². The highest BCUT2D eigenvalue weighted by atomic mass is 19.1. The molecule has 1 aliphatic heterocycles. The predicted molar refractivity (Wildman–Crippen MR) is 156 cm³/mol. The van der Waals surface area contributed by atoms with Crippen LogP contribution in [0.4, 0.5) is 14.5 Å². The Hall–Kier alpha value is -4.18. The molecule has 1 amide bonds. The quantitative estimate of drug-likeness (QED) is 0.198. The molecule has 1 unspecified atom stereocenters. The number of aliphatic hydroxyl groups excluding tert-OH is 1. The second-order valence-corrected chi connectivity index (χ2v) is 10.8. The molecule has 3 N–H and O–H groups in total. The standard InChI is InChI=1S/C33H31F2N3O4/c1-19-22(6-7-25-23(19)8-11-30(25)39)24-4-3-14-38-28(24)9-10-29(38)33(41)20-16-26(34)32(27(35)17-20)37-31(40)5-2-13-36-21-12-15-42-18-21/h2-7,9-10,14,16-17,21,30,36,39H,8,11-13,15,18H2,1H3,(H,37,40)/b5-2+/t21-,30?/m0/s1. The Balaban J connectivity index is 1.22. The first-order valence-corrected chi connectivity index (χ1v) is 14.0. The van der Waals surface area contributed by atoms with Gasteiger partial charge in [0.2, 0.25) is 11.7 Å². The summed E-state index contributed by atoms with van der Waals surface area (Å²) in [6.07, 6.45) is 6.46. The molecule has 0 spiro atoms. The number of carbonyl (C=O) groups excluding carboxylic acids is 2. The number of hydrogen-bond acceptors (Lipinski definition) is 5. The lowest BCUT2D eigenvalue weighted by Crippen LogP contribution is -2.29. The summed E-state index contributed by atoms with van der Waals surface area (Å²) in [4.78, 5) is 25.7. The van der Waals surface area contributed by atoms with Crippen LogP contribution in [0.5, 0.6) is 0 Å². The van der Waals surface area contributed by atoms with Crippen molar-refractivity contribution in [1.29, 1.82) is 0 Å². The van der Waals surface area contributed by atoms with Gasteiger partial charge in [-0.1, -0.05) is 24.3 Å². The molecule has 9 heteroatoms. The van der Waals surface area contributed by atoms with Gasteiger partial charge >= 0.3 is 0 Å². The first-order valence-electron chi connectivity index (χ1n) is 14.0. The van der Waals surface area contributed by atoms with Gasteiger partial charge in [-0.3, -0.25) is 9.59 Å². The molecule has 0 bridgehead atoms. The van der Waals surface area contributed by atoms with E-state index >= 15 is 0 Å². The molecular formula is C33H31F2N3O4. The van der Waals surface area contributed by atoms with E-state index in [4.69, 9.17) is 4.74 Å². The van der Waals surface area contributed by atoms with E-state index in [2.05, 4.69) is 10.6 Å². The monoisotopic (exact) mass is 571 g/mol. The molecular weight excluding hydrogens is 540 g/mol. The summed E-state index contributed by atoms with van der Waals surface area (Å²) >= 11 is 0. The molecule has 0 saturated carbocycles. The van der Waals surface area contributed by atoms with Crippen LogP contribution in [0, 0.1) is 18.6 Å². The number of benzene rings is 2. The zero-order valence-corrected chi connectivity index (χ0v) is 23.1. The highest BCUT2D eigenvalue weighted by Gasteiger charge is 2.25. The molecule has 1 saturated heterocycles. The number of hydrogen-bond donors (Lipinski definition) is 3. The summed E-state index contributed by atoms with van der Waals surface area (Å²) in [5.74, 6) is -3.33. The number of pyridine rings is 1. The smallest absolute Gasteiger partial charge is 0.248 e. The van der Waals surface area contributed by atoms with Crippen LogP contribution in [0.2, 0.25) is 0 Å². The van der Waals surface area contributed by atoms with Crippen LogP contribution < -0.4 is 10.6 Å². The van der Waals surface area contributed by atoms with E-state index in [1.54, 1.807) is 22.7 Å². The van der Waals surface area contributed by atoms with E-state index in [1.165, 1.54) is 6.08 Å². The first-order chi connectivity index (χ1) is 20.3. The van der Waals surface area contributed by atoms with Crippen molar-refractivity contribution in [1.82, 2.24) is 9.72 Å². The predicted octanol–water partition coefficient (Wildman–Crippen LogP) is 5.28. The third-order valence-electron chi connectivity index (χ3n) is 8.15. The Morgan fingerprint density at radius 1 is 1.10 bits per heavy atom. The van der Waals surface area contributed by atoms with Crippen molar-refractivity contribution in [2.45, 2.75) is 38.3 Å². The van der Waals surface area contributed by atoms with E-state index < -0.39 is 35.1 Å². The summed E-state index contributed by atoms with van der Waals surface area (Å²) in [6.45, 7) is 3.76. The van der Waals surface area contributed by atoms with Crippen molar-refractivity contribution in [2.75, 3.05) is 25.1 Å². The van der Waals surface area contributed by atoms with Gasteiger partial charge < -0.3 is 24.9 Å². The van der Waals surface area contributed by atoms with E-state index in [9.17, 15) is 23.5 Å². The van der Waals surface area contributed by atoms with Crippen LogP contribution >= 0.6 is 0 Å². The average Bonchev–Trinajstić information content (AvgIpc) is 3.74. The van der Waals surface area contributed by atoms with Gasteiger partial charge in [-0.05, 0) is 78.8 Å². The van der Waals surface area contributed by atoms with E-state index in [0.29, 0.717) is 26.2 Å². The van der Waals surface area contributed by atoms with Crippen molar-refractivity contribution >= 4 is 22.9 Å². The average molecular weight is 572 g/mol. The van der Waals surface area contributed by atoms with Gasteiger partial charge in [-0.15, -0.1) is 0 Å². The van der Waals surface area contributed by atoms with Crippen molar-refractivity contribution < 1.29 is 28.2 Å². The molecule has 4 aromatic rings. The number of carbonyl (C=O) groups is 2. The summed E-state index contributed by atoms with van der Waals surface area (Å²) in [5.41, 5.74) is 5.34. The van der Waals surface area contributed by atoms with Gasteiger partial charge in [-0.2, -0.15) is 0 Å². The number of anilines is 1. The van der Waals surface area contributed by atoms with E-state index in [1.807, 2.05) is 37.3 Å². The summed E-state index contributed by atoms with van der Waals surface area (Å²) < 4.78 is 36.9. The van der Waals surface area contributed by atoms with Gasteiger partial charge in [0.15, 0.2) is 0 Å². The lowest BCUT2D eigenvalue weighted by molar-refractivity contribution is -0.112. The van der Waals surface area contributed by atoms with Gasteiger partial charge in [0.25, 0.3) is 0 Å². The van der Waals surface area contributed by atoms with Crippen molar-refractivity contribution in [2.24, 2.45) is 0 Å². The number of aromatic nitrogens is 1. The number of fused-ring (bicyclic) bond motifs is 2. The number of amides is 1. The van der Waals surface area contributed by atoms with Gasteiger partial charge in [-0.25, -0.2) is 8.78 Å². The number of halogens is 2. The van der Waals surface area contributed by atoms with Crippen LogP contribution in [0.1, 0.15) is 51.7 Å². The summed E-state index contributed by atoms with van der Waals surface area (Å²) in [6, 6.07) is 13.3. The van der Waals surface area contributed by atoms with Crippen LogP contribution in [0.3, 0.4) is 0 Å². The Morgan fingerprint density at radius 3 is 2.67 bits per heavy atom. The molecule has 1 aliphatic carbocycles. The maximum atomic E-state index is 15.0. The largest absolute Gasteiger partial charge is 0.388 e. The third-order valence-corrected chi connectivity index (χ3v) is 8.15. The molecule has 6 rings (SSSR count). The SMILES string of the molecule is Cc1c(-c2cccn3c(C(=O)c4cc(F)c(NC(=O)/C=C/CN[C@H]5CCOC5)c(F)c4)ccc23)ccc2c1CCC2O. The van der Waals surface area contributed by atoms with E-state index in [0.717, 1.165) is 58.3 Å². The normalized spacial score (nSPS) is 18.2. The molecule has 0 radical (unpaired) electrons. The maximum Gasteiger partial charge on any atom is 0.248 e. The van der Waals surface area contributed by atoms with Crippen LogP contribution in [0.25, 0.3) is 16.6 Å². The second-order valence-electron chi connectivity index (χ2n) is 10.8. The molecule has 42 heavy (non-hydrogen) atoms. The third kappa shape index (κ3) is 5.27. The molecule has 216 valence electrons. The van der Waals surface area contributed by atoms with Crippen LogP contribution in [0.15, 0.2) is 66.9 Å². The van der Waals surface area contributed by atoms with Crippen molar-refractivity contribution in [3.05, 3.63) is 106 Å². The minimum absolute atomic E-state index is 0.172. The Bertz CT molecular complexity index is 1700. The fourth-order valence-electron chi connectivity index (χ4n) is 5.93. The molecule has 2 aromatic heterocycles. The molecule has 2 atom stereocenters.